The summed E-state index contributed by atoms with van der Waals surface area (Å²) in [5.74, 6) is 0. The number of anilines is 3. The lowest BCUT2D eigenvalue weighted by atomic mass is 9.90. The fourth-order valence-electron chi connectivity index (χ4n) is 5.73. The summed E-state index contributed by atoms with van der Waals surface area (Å²) in [5, 5.41) is 11.1. The van der Waals surface area contributed by atoms with Crippen molar-refractivity contribution in [2.45, 2.75) is 32.6 Å². The summed E-state index contributed by atoms with van der Waals surface area (Å²) in [6, 6.07) is 35.7. The molecule has 1 aliphatic carbocycles. The molecule has 0 saturated carbocycles. The Morgan fingerprint density at radius 2 is 1.50 bits per heavy atom. The van der Waals surface area contributed by atoms with E-state index < -0.39 is 0 Å². The van der Waals surface area contributed by atoms with E-state index in [4.69, 9.17) is 6.57 Å². The summed E-state index contributed by atoms with van der Waals surface area (Å²) in [6.07, 6.45) is 8.79. The van der Waals surface area contributed by atoms with Crippen molar-refractivity contribution >= 4 is 45.7 Å². The highest BCUT2D eigenvalue weighted by Crippen LogP contribution is 2.40. The largest absolute Gasteiger partial charge is 0.310 e. The van der Waals surface area contributed by atoms with E-state index >= 15 is 0 Å². The van der Waals surface area contributed by atoms with E-state index in [-0.39, 0.29) is 0 Å². The van der Waals surface area contributed by atoms with E-state index in [0.717, 1.165) is 46.1 Å². The summed E-state index contributed by atoms with van der Waals surface area (Å²) >= 11 is 0. The van der Waals surface area contributed by atoms with Crippen molar-refractivity contribution in [3.63, 3.8) is 0 Å². The minimum atomic E-state index is 0.571. The van der Waals surface area contributed by atoms with Gasteiger partial charge in [-0.05, 0) is 102 Å². The van der Waals surface area contributed by atoms with Crippen LogP contribution in [-0.2, 0) is 12.8 Å². The van der Waals surface area contributed by atoms with Gasteiger partial charge in [0.25, 0.3) is 0 Å². The predicted molar refractivity (Wildman–Crippen MR) is 166 cm³/mol. The Hall–Kier alpha value is -5.12. The van der Waals surface area contributed by atoms with Gasteiger partial charge in [-0.25, -0.2) is 4.85 Å². The Kier molecular flexibility index (Phi) is 6.88. The molecule has 0 unspecified atom stereocenters. The second-order valence-corrected chi connectivity index (χ2v) is 10.3. The first-order chi connectivity index (χ1) is 19.7. The number of aryl methyl sites for hydroxylation is 2. The molecule has 0 amide bonds. The zero-order valence-electron chi connectivity index (χ0n) is 22.6. The lowest BCUT2D eigenvalue weighted by Crippen LogP contribution is -2.15. The number of nitrogens with zero attached hydrogens (tertiary/aromatic N) is 3. The third-order valence-corrected chi connectivity index (χ3v) is 7.81. The average molecular weight is 516 g/mol. The van der Waals surface area contributed by atoms with Crippen molar-refractivity contribution in [1.82, 2.24) is 0 Å². The SMILES string of the molecule is [C-]#[N+]c1c(C=Cc2ccc(N(c3ccc(C)cc3)c3cccc4c3CCCC4)cc2)ccc2c(C#N)cccc12. The number of hydrogen-bond donors (Lipinski definition) is 0. The second kappa shape index (κ2) is 10.9. The van der Waals surface area contributed by atoms with Crippen LogP contribution in [0.4, 0.5) is 22.7 Å². The molecular formula is C37H29N3. The van der Waals surface area contributed by atoms with Gasteiger partial charge >= 0.3 is 0 Å². The number of rotatable bonds is 5. The summed E-state index contributed by atoms with van der Waals surface area (Å²) in [5.41, 5.74) is 10.8. The van der Waals surface area contributed by atoms with Gasteiger partial charge in [0.2, 0.25) is 5.69 Å². The number of hydrogen-bond acceptors (Lipinski definition) is 2. The minimum absolute atomic E-state index is 0.571. The van der Waals surface area contributed by atoms with Crippen molar-refractivity contribution in [2.75, 3.05) is 4.90 Å². The monoisotopic (exact) mass is 515 g/mol. The van der Waals surface area contributed by atoms with Crippen molar-refractivity contribution in [3.05, 3.63) is 142 Å². The van der Waals surface area contributed by atoms with Gasteiger partial charge in [-0.3, -0.25) is 0 Å². The first-order valence-electron chi connectivity index (χ1n) is 13.8. The van der Waals surface area contributed by atoms with Gasteiger partial charge in [0.15, 0.2) is 0 Å². The van der Waals surface area contributed by atoms with E-state index in [9.17, 15) is 5.26 Å². The van der Waals surface area contributed by atoms with Gasteiger partial charge in [0, 0.05) is 17.1 Å². The quantitative estimate of drug-likeness (QED) is 0.172. The Bertz CT molecular complexity index is 1810. The lowest BCUT2D eigenvalue weighted by molar-refractivity contribution is 0.686. The fourth-order valence-corrected chi connectivity index (χ4v) is 5.73. The maximum atomic E-state index is 9.45. The normalized spacial score (nSPS) is 12.6. The Balaban J connectivity index is 1.36. The second-order valence-electron chi connectivity index (χ2n) is 10.3. The number of nitriles is 1. The summed E-state index contributed by atoms with van der Waals surface area (Å²) in [7, 11) is 0. The van der Waals surface area contributed by atoms with Crippen LogP contribution in [0, 0.1) is 24.8 Å². The predicted octanol–water partition coefficient (Wildman–Crippen LogP) is 10.1. The zero-order valence-corrected chi connectivity index (χ0v) is 22.6. The number of fused-ring (bicyclic) bond motifs is 2. The number of benzene rings is 5. The molecule has 0 N–H and O–H groups in total. The fraction of sp³-hybridized carbons (Fsp3) is 0.135. The highest BCUT2D eigenvalue weighted by atomic mass is 15.1. The van der Waals surface area contributed by atoms with Crippen LogP contribution in [0.1, 0.15) is 46.2 Å². The topological polar surface area (TPSA) is 31.4 Å². The lowest BCUT2D eigenvalue weighted by Gasteiger charge is -2.30. The zero-order chi connectivity index (χ0) is 27.5. The smallest absolute Gasteiger partial charge is 0.202 e. The average Bonchev–Trinajstić information content (AvgIpc) is 3.01. The van der Waals surface area contributed by atoms with Crippen molar-refractivity contribution < 1.29 is 0 Å². The summed E-state index contributed by atoms with van der Waals surface area (Å²) in [4.78, 5) is 6.19. The van der Waals surface area contributed by atoms with Crippen molar-refractivity contribution in [3.8, 4) is 6.07 Å². The Morgan fingerprint density at radius 3 is 2.25 bits per heavy atom. The van der Waals surface area contributed by atoms with Gasteiger partial charge in [0.05, 0.1) is 18.2 Å². The molecule has 3 heteroatoms. The Morgan fingerprint density at radius 1 is 0.775 bits per heavy atom. The molecule has 0 heterocycles. The highest BCUT2D eigenvalue weighted by Gasteiger charge is 2.20. The maximum Gasteiger partial charge on any atom is 0.202 e. The molecular weight excluding hydrogens is 486 g/mol. The van der Waals surface area contributed by atoms with Crippen LogP contribution >= 0.6 is 0 Å². The molecule has 1 aliphatic rings. The van der Waals surface area contributed by atoms with Crippen molar-refractivity contribution in [1.29, 1.82) is 5.26 Å². The molecule has 0 spiro atoms. The molecule has 0 saturated heterocycles. The highest BCUT2D eigenvalue weighted by molar-refractivity contribution is 6.01. The minimum Gasteiger partial charge on any atom is -0.310 e. The van der Waals surface area contributed by atoms with Gasteiger partial charge in [-0.15, -0.1) is 0 Å². The van der Waals surface area contributed by atoms with Crippen LogP contribution in [0.15, 0.2) is 97.1 Å². The molecule has 6 rings (SSSR count). The van der Waals surface area contributed by atoms with Gasteiger partial charge in [0.1, 0.15) is 0 Å². The van der Waals surface area contributed by atoms with Crippen LogP contribution in [-0.4, -0.2) is 0 Å². The van der Waals surface area contributed by atoms with Crippen molar-refractivity contribution in [2.24, 2.45) is 0 Å². The first-order valence-corrected chi connectivity index (χ1v) is 13.8. The molecule has 0 aromatic heterocycles. The molecule has 0 aliphatic heterocycles. The molecule has 0 bridgehead atoms. The van der Waals surface area contributed by atoms with E-state index in [1.165, 1.54) is 35.2 Å². The molecule has 192 valence electrons. The molecule has 0 radical (unpaired) electrons. The van der Waals surface area contributed by atoms with E-state index in [1.54, 1.807) is 6.07 Å². The van der Waals surface area contributed by atoms with E-state index in [0.29, 0.717) is 11.3 Å². The molecule has 3 nitrogen and oxygen atoms in total. The van der Waals surface area contributed by atoms with Gasteiger partial charge < -0.3 is 4.90 Å². The Labute approximate surface area is 236 Å². The van der Waals surface area contributed by atoms with Crippen LogP contribution in [0.5, 0.6) is 0 Å². The van der Waals surface area contributed by atoms with E-state index in [2.05, 4.69) is 89.5 Å². The van der Waals surface area contributed by atoms with Crippen LogP contribution in [0.3, 0.4) is 0 Å². The molecule has 0 atom stereocenters. The molecule has 5 aromatic carbocycles. The third kappa shape index (κ3) is 4.75. The van der Waals surface area contributed by atoms with E-state index in [1.807, 2.05) is 36.4 Å². The third-order valence-electron chi connectivity index (χ3n) is 7.81. The summed E-state index contributed by atoms with van der Waals surface area (Å²) in [6.45, 7) is 9.92. The standard InChI is InChI=1S/C37H29N3/c1-26-13-20-31(21-14-26)40(36-12-6-8-28-7-3-4-10-34(28)36)32-22-16-27(17-23-32)15-18-29-19-24-33-30(25-38)9-5-11-35(33)37(29)39-2/h5-6,8-9,11-24H,3-4,7,10H2,1H3. The molecule has 5 aromatic rings. The van der Waals surface area contributed by atoms with Crippen LogP contribution < -0.4 is 4.90 Å². The van der Waals surface area contributed by atoms with Gasteiger partial charge in [-0.2, -0.15) is 5.26 Å². The first kappa shape index (κ1) is 25.2. The van der Waals surface area contributed by atoms with Crippen LogP contribution in [0.25, 0.3) is 27.8 Å². The maximum absolute atomic E-state index is 9.45. The molecule has 40 heavy (non-hydrogen) atoms. The van der Waals surface area contributed by atoms with Crippen LogP contribution in [0.2, 0.25) is 0 Å². The van der Waals surface area contributed by atoms with Gasteiger partial charge in [-0.1, -0.05) is 78.4 Å². The molecule has 0 fully saturated rings. The summed E-state index contributed by atoms with van der Waals surface area (Å²) < 4.78 is 0.